The van der Waals surface area contributed by atoms with E-state index in [1.54, 1.807) is 0 Å². The van der Waals surface area contributed by atoms with Gasteiger partial charge in [-0.1, -0.05) is 24.4 Å². The number of carbonyl (C=O) groups excluding carboxylic acids is 2. The zero-order chi connectivity index (χ0) is 16.8. The van der Waals surface area contributed by atoms with E-state index >= 15 is 0 Å². The highest BCUT2D eigenvalue weighted by Crippen LogP contribution is 2.19. The summed E-state index contributed by atoms with van der Waals surface area (Å²) < 4.78 is 13.0. The summed E-state index contributed by atoms with van der Waals surface area (Å²) in [6.07, 6.45) is 3.93. The number of rotatable bonds is 7. The number of halogens is 2. The minimum atomic E-state index is -0.507. The Morgan fingerprint density at radius 1 is 1.30 bits per heavy atom. The van der Waals surface area contributed by atoms with E-state index in [0.717, 1.165) is 25.7 Å². The Morgan fingerprint density at radius 3 is 2.74 bits per heavy atom. The van der Waals surface area contributed by atoms with E-state index in [2.05, 4.69) is 16.0 Å². The fourth-order valence-corrected chi connectivity index (χ4v) is 2.77. The third-order valence-electron chi connectivity index (χ3n) is 3.90. The Labute approximate surface area is 140 Å². The van der Waals surface area contributed by atoms with Gasteiger partial charge in [0.1, 0.15) is 5.82 Å². The zero-order valence-corrected chi connectivity index (χ0v) is 13.8. The molecule has 1 aromatic carbocycles. The molecule has 0 unspecified atom stereocenters. The first-order valence-electron chi connectivity index (χ1n) is 7.77. The van der Waals surface area contributed by atoms with Crippen molar-refractivity contribution in [3.8, 4) is 0 Å². The first kappa shape index (κ1) is 17.5. The number of nitrogens with one attached hydrogen (secondary N) is 3. The summed E-state index contributed by atoms with van der Waals surface area (Å²) in [6.45, 7) is 1.98. The molecule has 3 N–H and O–H groups in total. The van der Waals surface area contributed by atoms with Crippen LogP contribution < -0.4 is 16.0 Å². The molecule has 5 nitrogen and oxygen atoms in total. The van der Waals surface area contributed by atoms with Gasteiger partial charge < -0.3 is 16.0 Å². The van der Waals surface area contributed by atoms with Crippen LogP contribution >= 0.6 is 11.6 Å². The Hall–Kier alpha value is -1.82. The van der Waals surface area contributed by atoms with Gasteiger partial charge in [-0.2, -0.15) is 0 Å². The van der Waals surface area contributed by atoms with Crippen LogP contribution in [0, 0.1) is 5.82 Å². The van der Waals surface area contributed by atoms with Crippen molar-refractivity contribution in [3.63, 3.8) is 0 Å². The predicted octanol–water partition coefficient (Wildman–Crippen LogP) is 3.44. The van der Waals surface area contributed by atoms with Crippen molar-refractivity contribution in [3.05, 3.63) is 29.0 Å². The number of urea groups is 1. The van der Waals surface area contributed by atoms with Gasteiger partial charge in [0.15, 0.2) is 0 Å². The quantitative estimate of drug-likeness (QED) is 0.665. The van der Waals surface area contributed by atoms with Crippen molar-refractivity contribution < 1.29 is 14.0 Å². The van der Waals surface area contributed by atoms with E-state index in [0.29, 0.717) is 12.1 Å². The lowest BCUT2D eigenvalue weighted by molar-refractivity contribution is -0.116. The van der Waals surface area contributed by atoms with Crippen molar-refractivity contribution in [1.29, 1.82) is 0 Å². The van der Waals surface area contributed by atoms with E-state index in [-0.39, 0.29) is 29.0 Å². The molecule has 0 aliphatic carbocycles. The number of carbonyl (C=O) groups is 2. The van der Waals surface area contributed by atoms with Crippen LogP contribution in [0.5, 0.6) is 0 Å². The van der Waals surface area contributed by atoms with Crippen molar-refractivity contribution in [2.45, 2.75) is 51.1 Å². The second-order valence-corrected chi connectivity index (χ2v) is 6.20. The molecule has 2 rings (SSSR count). The highest BCUT2D eigenvalue weighted by Gasteiger charge is 2.26. The maximum Gasteiger partial charge on any atom is 0.315 e. The number of amides is 3. The first-order chi connectivity index (χ1) is 11.0. The molecule has 2 atom stereocenters. The summed E-state index contributed by atoms with van der Waals surface area (Å²) in [5.41, 5.74) is 0.495. The van der Waals surface area contributed by atoms with Crippen LogP contribution in [-0.4, -0.2) is 24.0 Å². The number of hydrogen-bond donors (Lipinski definition) is 3. The largest absolute Gasteiger partial charge is 0.334 e. The van der Waals surface area contributed by atoms with Gasteiger partial charge in [0, 0.05) is 18.2 Å². The molecular formula is C16H21ClFN3O2. The summed E-state index contributed by atoms with van der Waals surface area (Å²) in [4.78, 5) is 23.0. The summed E-state index contributed by atoms with van der Waals surface area (Å²) in [6, 6.07) is 4.30. The van der Waals surface area contributed by atoms with Crippen LogP contribution in [0.2, 0.25) is 5.02 Å². The molecule has 126 valence electrons. The number of hydrogen-bond acceptors (Lipinski definition) is 2. The first-order valence-corrected chi connectivity index (χ1v) is 8.15. The third kappa shape index (κ3) is 5.39. The molecule has 1 heterocycles. The van der Waals surface area contributed by atoms with E-state index in [1.165, 1.54) is 18.2 Å². The van der Waals surface area contributed by atoms with Crippen molar-refractivity contribution in [2.24, 2.45) is 0 Å². The zero-order valence-electron chi connectivity index (χ0n) is 13.0. The average molecular weight is 342 g/mol. The van der Waals surface area contributed by atoms with Crippen LogP contribution in [0.15, 0.2) is 18.2 Å². The average Bonchev–Trinajstić information content (AvgIpc) is 2.80. The predicted molar refractivity (Wildman–Crippen MR) is 88.0 cm³/mol. The van der Waals surface area contributed by atoms with Crippen molar-refractivity contribution >= 4 is 29.2 Å². The molecular weight excluding hydrogens is 321 g/mol. The fourth-order valence-electron chi connectivity index (χ4n) is 2.59. The molecule has 1 aliphatic heterocycles. The van der Waals surface area contributed by atoms with Crippen LogP contribution in [0.3, 0.4) is 0 Å². The highest BCUT2D eigenvalue weighted by molar-refractivity contribution is 6.31. The molecule has 23 heavy (non-hydrogen) atoms. The fraction of sp³-hybridized carbons (Fsp3) is 0.500. The molecule has 0 aromatic heterocycles. The van der Waals surface area contributed by atoms with Gasteiger partial charge in [-0.3, -0.25) is 4.79 Å². The summed E-state index contributed by atoms with van der Waals surface area (Å²) >= 11 is 5.67. The van der Waals surface area contributed by atoms with Gasteiger partial charge in [-0.25, -0.2) is 9.18 Å². The highest BCUT2D eigenvalue weighted by atomic mass is 35.5. The number of anilines is 1. The van der Waals surface area contributed by atoms with Crippen molar-refractivity contribution in [1.82, 2.24) is 10.6 Å². The maximum atomic E-state index is 13.0. The number of benzene rings is 1. The summed E-state index contributed by atoms with van der Waals surface area (Å²) in [5.74, 6) is -0.621. The van der Waals surface area contributed by atoms with Crippen LogP contribution in [0.25, 0.3) is 0 Å². The van der Waals surface area contributed by atoms with Gasteiger partial charge in [0.25, 0.3) is 0 Å². The van der Waals surface area contributed by atoms with Gasteiger partial charge in [0.05, 0.1) is 11.1 Å². The van der Waals surface area contributed by atoms with Gasteiger partial charge in [0.2, 0.25) is 5.91 Å². The summed E-state index contributed by atoms with van der Waals surface area (Å²) in [5, 5.41) is 8.37. The van der Waals surface area contributed by atoms with E-state index in [4.69, 9.17) is 11.6 Å². The molecule has 1 saturated heterocycles. The van der Waals surface area contributed by atoms with Gasteiger partial charge in [-0.15, -0.1) is 0 Å². The lowest BCUT2D eigenvalue weighted by Gasteiger charge is -2.13. The molecule has 0 radical (unpaired) electrons. The van der Waals surface area contributed by atoms with Crippen LogP contribution in [0.1, 0.15) is 39.0 Å². The normalized spacial score (nSPS) is 20.0. The maximum absolute atomic E-state index is 13.0. The molecule has 1 fully saturated rings. The topological polar surface area (TPSA) is 70.2 Å². The smallest absolute Gasteiger partial charge is 0.315 e. The molecule has 0 saturated carbocycles. The van der Waals surface area contributed by atoms with E-state index in [9.17, 15) is 14.0 Å². The Balaban J connectivity index is 1.61. The van der Waals surface area contributed by atoms with Gasteiger partial charge >= 0.3 is 6.03 Å². The van der Waals surface area contributed by atoms with Crippen molar-refractivity contribution in [2.75, 3.05) is 5.32 Å². The molecule has 1 aliphatic rings. The third-order valence-corrected chi connectivity index (χ3v) is 4.19. The monoisotopic (exact) mass is 341 g/mol. The van der Waals surface area contributed by atoms with Crippen LogP contribution in [0.4, 0.5) is 14.9 Å². The second-order valence-electron chi connectivity index (χ2n) is 5.79. The molecule has 7 heteroatoms. The Kier molecular flexibility index (Phi) is 6.21. The lowest BCUT2D eigenvalue weighted by Crippen LogP contribution is -2.30. The lowest BCUT2D eigenvalue weighted by atomic mass is 10.0. The number of unbranched alkanes of at least 4 members (excludes halogenated alkanes) is 2. The van der Waals surface area contributed by atoms with E-state index < -0.39 is 5.82 Å². The second kappa shape index (κ2) is 8.15. The van der Waals surface area contributed by atoms with Gasteiger partial charge in [-0.05, 0) is 38.0 Å². The molecule has 1 aromatic rings. The minimum absolute atomic E-state index is 0.0101. The SMILES string of the molecule is C[C@H]1NC(=O)N[C@@H]1CCCCCC(=O)Nc1ccc(F)c(Cl)c1. The molecule has 0 bridgehead atoms. The molecule has 3 amide bonds. The standard InChI is InChI=1S/C16H21ClFN3O2/c1-10-14(21-16(23)19-10)5-3-2-4-6-15(22)20-11-7-8-13(18)12(17)9-11/h7-10,14H,2-6H2,1H3,(H,20,22)(H2,19,21,23)/t10-,14-/m1/s1. The van der Waals surface area contributed by atoms with E-state index in [1.807, 2.05) is 6.92 Å². The van der Waals surface area contributed by atoms with Crippen LogP contribution in [-0.2, 0) is 4.79 Å². The Bertz CT molecular complexity index is 582. The minimum Gasteiger partial charge on any atom is -0.334 e. The Morgan fingerprint density at radius 2 is 2.09 bits per heavy atom. The summed E-state index contributed by atoms with van der Waals surface area (Å²) in [7, 11) is 0. The molecule has 0 spiro atoms.